The van der Waals surface area contributed by atoms with E-state index in [-0.39, 0.29) is 0 Å². The lowest BCUT2D eigenvalue weighted by Gasteiger charge is -2.14. The molecule has 0 unspecified atom stereocenters. The minimum atomic E-state index is 0.522. The number of benzene rings is 1. The third-order valence-electron chi connectivity index (χ3n) is 4.02. The molecule has 122 valence electrons. The van der Waals surface area contributed by atoms with E-state index in [1.165, 1.54) is 18.4 Å². The summed E-state index contributed by atoms with van der Waals surface area (Å²) in [6.45, 7) is 1.99. The number of nitrogens with one attached hydrogen (secondary N) is 2. The number of hydrogen-bond donors (Lipinski definition) is 2. The van der Waals surface area contributed by atoms with E-state index in [1.54, 1.807) is 13.3 Å². The lowest BCUT2D eigenvalue weighted by Crippen LogP contribution is -2.29. The minimum Gasteiger partial charge on any atom is -0.497 e. The van der Waals surface area contributed by atoms with Crippen LogP contribution >= 0.6 is 15.9 Å². The van der Waals surface area contributed by atoms with Crippen LogP contribution in [0.1, 0.15) is 24.1 Å². The predicted octanol–water partition coefficient (Wildman–Crippen LogP) is 3.00. The molecule has 1 fully saturated rings. The van der Waals surface area contributed by atoms with Crippen molar-refractivity contribution < 1.29 is 4.74 Å². The molecule has 2 heterocycles. The van der Waals surface area contributed by atoms with Crippen LogP contribution in [-0.4, -0.2) is 36.2 Å². The van der Waals surface area contributed by atoms with Crippen molar-refractivity contribution in [2.45, 2.75) is 25.3 Å². The Bertz CT molecular complexity index is 642. The molecule has 1 aliphatic rings. The van der Waals surface area contributed by atoms with Crippen molar-refractivity contribution in [2.75, 3.05) is 25.5 Å². The Morgan fingerprint density at radius 3 is 2.87 bits per heavy atom. The normalized spacial score (nSPS) is 17.2. The first-order chi connectivity index (χ1) is 11.2. The van der Waals surface area contributed by atoms with Crippen molar-refractivity contribution in [3.05, 3.63) is 46.3 Å². The van der Waals surface area contributed by atoms with E-state index in [9.17, 15) is 0 Å². The van der Waals surface area contributed by atoms with E-state index in [0.717, 1.165) is 41.4 Å². The summed E-state index contributed by atoms with van der Waals surface area (Å²) in [5.74, 6) is 1.72. The van der Waals surface area contributed by atoms with Crippen molar-refractivity contribution in [3.63, 3.8) is 0 Å². The maximum atomic E-state index is 5.20. The summed E-state index contributed by atoms with van der Waals surface area (Å²) in [5, 5.41) is 6.93. The predicted molar refractivity (Wildman–Crippen MR) is 95.0 cm³/mol. The summed E-state index contributed by atoms with van der Waals surface area (Å²) in [4.78, 5) is 9.09. The summed E-state index contributed by atoms with van der Waals surface area (Å²) < 4.78 is 5.96. The third kappa shape index (κ3) is 4.42. The quantitative estimate of drug-likeness (QED) is 0.811. The van der Waals surface area contributed by atoms with Crippen LogP contribution in [0, 0.1) is 0 Å². The summed E-state index contributed by atoms with van der Waals surface area (Å²) in [7, 11) is 1.67. The highest BCUT2D eigenvalue weighted by Gasteiger charge is 2.15. The summed E-state index contributed by atoms with van der Waals surface area (Å²) in [5.41, 5.74) is 2.13. The van der Waals surface area contributed by atoms with Gasteiger partial charge in [0.25, 0.3) is 0 Å². The Hall–Kier alpha value is -1.66. The minimum absolute atomic E-state index is 0.522. The molecule has 6 heteroatoms. The Labute approximate surface area is 145 Å². The SMILES string of the molecule is COc1ccc(Cc2nc(Br)cnc2NC[C@@H]2CCCN2)cc1. The van der Waals surface area contributed by atoms with Crippen molar-refractivity contribution in [3.8, 4) is 5.75 Å². The smallest absolute Gasteiger partial charge is 0.148 e. The monoisotopic (exact) mass is 376 g/mol. The highest BCUT2D eigenvalue weighted by atomic mass is 79.9. The second-order valence-electron chi connectivity index (χ2n) is 5.69. The molecule has 0 bridgehead atoms. The van der Waals surface area contributed by atoms with Gasteiger partial charge in [-0.2, -0.15) is 0 Å². The maximum absolute atomic E-state index is 5.20. The summed E-state index contributed by atoms with van der Waals surface area (Å²) in [6, 6.07) is 8.58. The van der Waals surface area contributed by atoms with Crippen LogP contribution in [-0.2, 0) is 6.42 Å². The van der Waals surface area contributed by atoms with Gasteiger partial charge in [0.15, 0.2) is 0 Å². The number of nitrogens with zero attached hydrogens (tertiary/aromatic N) is 2. The molecule has 23 heavy (non-hydrogen) atoms. The van der Waals surface area contributed by atoms with E-state index >= 15 is 0 Å². The lowest BCUT2D eigenvalue weighted by molar-refractivity contribution is 0.414. The van der Waals surface area contributed by atoms with E-state index in [0.29, 0.717) is 6.04 Å². The van der Waals surface area contributed by atoms with Crippen LogP contribution in [0.15, 0.2) is 35.1 Å². The number of aromatic nitrogens is 2. The molecule has 0 amide bonds. The zero-order chi connectivity index (χ0) is 16.1. The Morgan fingerprint density at radius 1 is 1.35 bits per heavy atom. The number of anilines is 1. The van der Waals surface area contributed by atoms with Crippen LogP contribution in [0.2, 0.25) is 0 Å². The number of halogens is 1. The van der Waals surface area contributed by atoms with E-state index in [1.807, 2.05) is 12.1 Å². The molecular weight excluding hydrogens is 356 g/mol. The second-order valence-corrected chi connectivity index (χ2v) is 6.50. The van der Waals surface area contributed by atoms with Gasteiger partial charge in [-0.25, -0.2) is 9.97 Å². The summed E-state index contributed by atoms with van der Waals surface area (Å²) >= 11 is 3.42. The van der Waals surface area contributed by atoms with Crippen molar-refractivity contribution in [1.29, 1.82) is 0 Å². The van der Waals surface area contributed by atoms with Gasteiger partial charge in [-0.05, 0) is 53.0 Å². The van der Waals surface area contributed by atoms with Crippen LogP contribution in [0.25, 0.3) is 0 Å². The van der Waals surface area contributed by atoms with Gasteiger partial charge in [0, 0.05) is 19.0 Å². The van der Waals surface area contributed by atoms with Crippen LogP contribution in [0.3, 0.4) is 0 Å². The number of ether oxygens (including phenoxy) is 1. The fourth-order valence-electron chi connectivity index (χ4n) is 2.76. The maximum Gasteiger partial charge on any atom is 0.148 e. The van der Waals surface area contributed by atoms with Gasteiger partial charge in [0.1, 0.15) is 16.2 Å². The Morgan fingerprint density at radius 2 is 2.17 bits per heavy atom. The zero-order valence-corrected chi connectivity index (χ0v) is 14.8. The molecule has 2 aromatic rings. The first kappa shape index (κ1) is 16.2. The van der Waals surface area contributed by atoms with Gasteiger partial charge >= 0.3 is 0 Å². The molecule has 0 spiro atoms. The lowest BCUT2D eigenvalue weighted by atomic mass is 10.1. The highest BCUT2D eigenvalue weighted by Crippen LogP contribution is 2.20. The first-order valence-electron chi connectivity index (χ1n) is 7.86. The van der Waals surface area contributed by atoms with Crippen LogP contribution < -0.4 is 15.4 Å². The highest BCUT2D eigenvalue weighted by molar-refractivity contribution is 9.10. The van der Waals surface area contributed by atoms with Gasteiger partial charge < -0.3 is 15.4 Å². The molecule has 0 saturated carbocycles. The molecular formula is C17H21BrN4O. The van der Waals surface area contributed by atoms with Crippen molar-refractivity contribution in [1.82, 2.24) is 15.3 Å². The molecule has 1 aromatic carbocycles. The van der Waals surface area contributed by atoms with Gasteiger partial charge in [0.05, 0.1) is 19.0 Å². The van der Waals surface area contributed by atoms with Crippen molar-refractivity contribution >= 4 is 21.7 Å². The van der Waals surface area contributed by atoms with E-state index in [4.69, 9.17) is 4.74 Å². The van der Waals surface area contributed by atoms with Crippen LogP contribution in [0.5, 0.6) is 5.75 Å². The molecule has 1 aromatic heterocycles. The molecule has 0 radical (unpaired) electrons. The molecule has 1 aliphatic heterocycles. The first-order valence-corrected chi connectivity index (χ1v) is 8.65. The topological polar surface area (TPSA) is 59.1 Å². The fourth-order valence-corrected chi connectivity index (χ4v) is 3.08. The van der Waals surface area contributed by atoms with Crippen molar-refractivity contribution in [2.24, 2.45) is 0 Å². The average molecular weight is 377 g/mol. The Kier molecular flexibility index (Phi) is 5.46. The average Bonchev–Trinajstić information content (AvgIpc) is 3.08. The van der Waals surface area contributed by atoms with Gasteiger partial charge in [-0.3, -0.25) is 0 Å². The van der Waals surface area contributed by atoms with Crippen LogP contribution in [0.4, 0.5) is 5.82 Å². The molecule has 3 rings (SSSR count). The van der Waals surface area contributed by atoms with E-state index < -0.39 is 0 Å². The largest absolute Gasteiger partial charge is 0.497 e. The Balaban J connectivity index is 1.72. The third-order valence-corrected chi connectivity index (χ3v) is 4.41. The fraction of sp³-hybridized carbons (Fsp3) is 0.412. The number of methoxy groups -OCH3 is 1. The van der Waals surface area contributed by atoms with Gasteiger partial charge in [-0.1, -0.05) is 12.1 Å². The second kappa shape index (κ2) is 7.75. The molecule has 0 aliphatic carbocycles. The standard InChI is InChI=1S/C17H21BrN4O/c1-23-14-6-4-12(5-7-14)9-15-17(21-11-16(18)22-15)20-10-13-3-2-8-19-13/h4-7,11,13,19H,2-3,8-10H2,1H3,(H,20,21)/t13-/m0/s1. The van der Waals surface area contributed by atoms with Gasteiger partial charge in [-0.15, -0.1) is 0 Å². The molecule has 1 atom stereocenters. The molecule has 5 nitrogen and oxygen atoms in total. The summed E-state index contributed by atoms with van der Waals surface area (Å²) in [6.07, 6.45) is 4.93. The number of rotatable bonds is 6. The zero-order valence-electron chi connectivity index (χ0n) is 13.2. The number of hydrogen-bond acceptors (Lipinski definition) is 5. The van der Waals surface area contributed by atoms with E-state index in [2.05, 4.69) is 48.7 Å². The molecule has 2 N–H and O–H groups in total. The van der Waals surface area contributed by atoms with Gasteiger partial charge in [0.2, 0.25) is 0 Å². The molecule has 1 saturated heterocycles.